The maximum Gasteiger partial charge on any atom is 0.143 e. The Hall–Kier alpha value is -6.90. The van der Waals surface area contributed by atoms with Crippen molar-refractivity contribution in [1.82, 2.24) is 0 Å². The zero-order valence-electron chi connectivity index (χ0n) is 28.0. The molecule has 0 amide bonds. The lowest BCUT2D eigenvalue weighted by molar-refractivity contribution is 0.669. The van der Waals surface area contributed by atoms with Crippen LogP contribution < -0.4 is 0 Å². The summed E-state index contributed by atoms with van der Waals surface area (Å²) in [6.45, 7) is 0. The Balaban J connectivity index is 1.22. The van der Waals surface area contributed by atoms with Gasteiger partial charge < -0.3 is 8.83 Å². The third-order valence-corrected chi connectivity index (χ3v) is 11.2. The zero-order chi connectivity index (χ0) is 33.9. The van der Waals surface area contributed by atoms with Gasteiger partial charge in [-0.1, -0.05) is 146 Å². The predicted molar refractivity (Wildman–Crippen MR) is 219 cm³/mol. The number of fused-ring (bicyclic) bond motifs is 17. The summed E-state index contributed by atoms with van der Waals surface area (Å²) in [5.41, 5.74) is 8.15. The average molecular weight is 661 g/mol. The van der Waals surface area contributed by atoms with E-state index in [0.717, 1.165) is 66.1 Å². The van der Waals surface area contributed by atoms with E-state index in [4.69, 9.17) is 8.83 Å². The molecule has 0 atom stereocenters. The van der Waals surface area contributed by atoms with Crippen molar-refractivity contribution < 1.29 is 8.83 Å². The molecule has 2 heterocycles. The van der Waals surface area contributed by atoms with Gasteiger partial charge in [0.15, 0.2) is 0 Å². The minimum absolute atomic E-state index is 0.911. The maximum absolute atomic E-state index is 6.53. The van der Waals surface area contributed by atoms with Crippen LogP contribution in [0.25, 0.3) is 120 Å². The number of hydrogen-bond acceptors (Lipinski definition) is 2. The second-order valence-corrected chi connectivity index (χ2v) is 13.9. The van der Waals surface area contributed by atoms with Gasteiger partial charge in [0.05, 0.1) is 0 Å². The average Bonchev–Trinajstić information content (AvgIpc) is 3.79. The lowest BCUT2D eigenvalue weighted by atomic mass is 9.85. The first-order chi connectivity index (χ1) is 25.8. The predicted octanol–water partition coefficient (Wildman–Crippen LogP) is 14.6. The van der Waals surface area contributed by atoms with Crippen LogP contribution in [0.4, 0.5) is 0 Å². The number of hydrogen-bond donors (Lipinski definition) is 0. The topological polar surface area (TPSA) is 26.3 Å². The van der Waals surface area contributed by atoms with E-state index in [-0.39, 0.29) is 0 Å². The first-order valence-electron chi connectivity index (χ1n) is 17.8. The molecule has 2 heteroatoms. The molecule has 0 radical (unpaired) electrons. The molecule has 0 bridgehead atoms. The molecular formula is C50H28O2. The molecule has 0 fully saturated rings. The molecule has 2 aromatic heterocycles. The molecule has 0 spiro atoms. The highest BCUT2D eigenvalue weighted by Gasteiger charge is 2.20. The summed E-state index contributed by atoms with van der Waals surface area (Å²) >= 11 is 0. The van der Waals surface area contributed by atoms with Gasteiger partial charge in [-0.05, 0) is 89.3 Å². The van der Waals surface area contributed by atoms with Crippen molar-refractivity contribution in [2.24, 2.45) is 0 Å². The Morgan fingerprint density at radius 2 is 0.615 bits per heavy atom. The largest absolute Gasteiger partial charge is 0.455 e. The number of furan rings is 2. The Labute approximate surface area is 297 Å². The molecule has 0 N–H and O–H groups in total. The molecule has 52 heavy (non-hydrogen) atoms. The van der Waals surface area contributed by atoms with Gasteiger partial charge in [-0.2, -0.15) is 0 Å². The smallest absolute Gasteiger partial charge is 0.143 e. The number of benzene rings is 10. The van der Waals surface area contributed by atoms with Crippen molar-refractivity contribution in [1.29, 1.82) is 0 Å². The normalized spacial score (nSPS) is 12.2. The standard InChI is InChI=1S/C50H28O2/c1-3-15-39-33(11-1)34-12-2-4-16-40(34)48-44-28-30(32-18-10-20-42-38-14-6-8-22-46(38)52-50(32)42)24-26-36(44)35-25-23-29(27-43(35)47(39)48)31-17-9-19-41-37-13-5-7-21-45(37)51-49(31)41/h1-28H. The molecule has 12 aromatic rings. The highest BCUT2D eigenvalue weighted by atomic mass is 16.3. The van der Waals surface area contributed by atoms with Gasteiger partial charge in [0, 0.05) is 32.7 Å². The van der Waals surface area contributed by atoms with E-state index in [0.29, 0.717) is 0 Å². The fraction of sp³-hybridized carbons (Fsp3) is 0. The molecule has 0 aliphatic heterocycles. The van der Waals surface area contributed by atoms with Crippen LogP contribution in [0.15, 0.2) is 179 Å². The second-order valence-electron chi connectivity index (χ2n) is 13.9. The van der Waals surface area contributed by atoms with Gasteiger partial charge in [0.25, 0.3) is 0 Å². The van der Waals surface area contributed by atoms with Crippen LogP contribution in [0.1, 0.15) is 0 Å². The molecule has 10 aromatic carbocycles. The van der Waals surface area contributed by atoms with Crippen LogP contribution in [0.2, 0.25) is 0 Å². The summed E-state index contributed by atoms with van der Waals surface area (Å²) in [5, 5.41) is 17.1. The summed E-state index contributed by atoms with van der Waals surface area (Å²) in [5.74, 6) is 0. The van der Waals surface area contributed by atoms with Gasteiger partial charge in [0.1, 0.15) is 22.3 Å². The monoisotopic (exact) mass is 660 g/mol. The Morgan fingerprint density at radius 3 is 1.08 bits per heavy atom. The van der Waals surface area contributed by atoms with E-state index in [9.17, 15) is 0 Å². The fourth-order valence-electron chi connectivity index (χ4n) is 8.96. The van der Waals surface area contributed by atoms with Crippen LogP contribution in [-0.2, 0) is 0 Å². The third kappa shape index (κ3) is 3.73. The van der Waals surface area contributed by atoms with Crippen LogP contribution in [-0.4, -0.2) is 0 Å². The molecule has 0 aliphatic rings. The highest BCUT2D eigenvalue weighted by molar-refractivity contribution is 6.40. The molecule has 0 unspecified atom stereocenters. The summed E-state index contributed by atoms with van der Waals surface area (Å²) < 4.78 is 13.1. The molecular weight excluding hydrogens is 633 g/mol. The first kappa shape index (κ1) is 27.9. The molecule has 0 saturated heterocycles. The molecule has 2 nitrogen and oxygen atoms in total. The van der Waals surface area contributed by atoms with Crippen molar-refractivity contribution in [2.45, 2.75) is 0 Å². The van der Waals surface area contributed by atoms with Crippen LogP contribution in [0, 0.1) is 0 Å². The van der Waals surface area contributed by atoms with Crippen molar-refractivity contribution in [2.75, 3.05) is 0 Å². The van der Waals surface area contributed by atoms with Crippen LogP contribution in [0.5, 0.6) is 0 Å². The van der Waals surface area contributed by atoms with Gasteiger partial charge in [-0.3, -0.25) is 0 Å². The Kier molecular flexibility index (Phi) is 5.53. The zero-order valence-corrected chi connectivity index (χ0v) is 28.0. The van der Waals surface area contributed by atoms with E-state index in [1.807, 2.05) is 12.1 Å². The maximum atomic E-state index is 6.53. The SMILES string of the molecule is c1ccc2c(c1)oc1c(-c3ccc4c5ccc(-c6cccc7c6oc6ccccc67)cc5c5c6ccccc6c6ccccc6c5c4c3)cccc12. The van der Waals surface area contributed by atoms with Gasteiger partial charge in [0.2, 0.25) is 0 Å². The van der Waals surface area contributed by atoms with Crippen molar-refractivity contribution in [3.8, 4) is 22.3 Å². The quantitative estimate of drug-likeness (QED) is 0.173. The molecule has 0 saturated carbocycles. The Morgan fingerprint density at radius 1 is 0.250 bits per heavy atom. The van der Waals surface area contributed by atoms with Crippen molar-refractivity contribution in [3.05, 3.63) is 170 Å². The van der Waals surface area contributed by atoms with E-state index < -0.39 is 0 Å². The second kappa shape index (κ2) is 10.3. The lowest BCUT2D eigenvalue weighted by Gasteiger charge is -2.18. The van der Waals surface area contributed by atoms with E-state index in [2.05, 4.69) is 158 Å². The van der Waals surface area contributed by atoms with E-state index in [1.165, 1.54) is 53.9 Å². The third-order valence-electron chi connectivity index (χ3n) is 11.2. The van der Waals surface area contributed by atoms with Gasteiger partial charge >= 0.3 is 0 Å². The number of rotatable bonds is 2. The lowest BCUT2D eigenvalue weighted by Crippen LogP contribution is -1.90. The minimum Gasteiger partial charge on any atom is -0.455 e. The molecule has 240 valence electrons. The van der Waals surface area contributed by atoms with Crippen LogP contribution in [0.3, 0.4) is 0 Å². The van der Waals surface area contributed by atoms with Crippen molar-refractivity contribution in [3.63, 3.8) is 0 Å². The van der Waals surface area contributed by atoms with Gasteiger partial charge in [-0.25, -0.2) is 0 Å². The summed E-state index contributed by atoms with van der Waals surface area (Å²) in [7, 11) is 0. The first-order valence-corrected chi connectivity index (χ1v) is 17.8. The van der Waals surface area contributed by atoms with E-state index >= 15 is 0 Å². The molecule has 12 rings (SSSR count). The van der Waals surface area contributed by atoms with E-state index in [1.54, 1.807) is 0 Å². The highest BCUT2D eigenvalue weighted by Crippen LogP contribution is 2.47. The van der Waals surface area contributed by atoms with Gasteiger partial charge in [-0.15, -0.1) is 0 Å². The summed E-state index contributed by atoms with van der Waals surface area (Å²) in [4.78, 5) is 0. The summed E-state index contributed by atoms with van der Waals surface area (Å²) in [6, 6.07) is 61.4. The minimum atomic E-state index is 0.911. The fourth-order valence-corrected chi connectivity index (χ4v) is 8.96. The Bertz CT molecular complexity index is 3240. The van der Waals surface area contributed by atoms with Crippen LogP contribution >= 0.6 is 0 Å². The number of para-hydroxylation sites is 4. The van der Waals surface area contributed by atoms with Crippen molar-refractivity contribution >= 4 is 97.7 Å². The summed E-state index contributed by atoms with van der Waals surface area (Å²) in [6.07, 6.45) is 0. The molecule has 0 aliphatic carbocycles.